The predicted molar refractivity (Wildman–Crippen MR) is 89.5 cm³/mol. The molecule has 21 heavy (non-hydrogen) atoms. The lowest BCUT2D eigenvalue weighted by Crippen LogP contribution is -2.13. The van der Waals surface area contributed by atoms with E-state index in [9.17, 15) is 0 Å². The van der Waals surface area contributed by atoms with Gasteiger partial charge in [-0.3, -0.25) is 0 Å². The first-order chi connectivity index (χ1) is 9.97. The predicted octanol–water partition coefficient (Wildman–Crippen LogP) is 4.48. The van der Waals surface area contributed by atoms with Crippen LogP contribution in [0.15, 0.2) is 34.8 Å². The standard InChI is InChI=1S/C16H17BrClNO2/c1-9-6-14(20-2)15(21-3)8-11(9)16(19)10-4-5-13(18)12(17)7-10/h4-8,16H,19H2,1-3H3. The number of rotatable bonds is 4. The van der Waals surface area contributed by atoms with Gasteiger partial charge < -0.3 is 15.2 Å². The molecule has 0 spiro atoms. The molecule has 0 aliphatic heterocycles. The minimum Gasteiger partial charge on any atom is -0.493 e. The smallest absolute Gasteiger partial charge is 0.161 e. The van der Waals surface area contributed by atoms with Gasteiger partial charge in [0.2, 0.25) is 0 Å². The zero-order chi connectivity index (χ0) is 15.6. The third kappa shape index (κ3) is 3.34. The Labute approximate surface area is 138 Å². The van der Waals surface area contributed by atoms with Crippen molar-refractivity contribution in [2.75, 3.05) is 14.2 Å². The summed E-state index contributed by atoms with van der Waals surface area (Å²) in [5.74, 6) is 1.37. The van der Waals surface area contributed by atoms with E-state index in [2.05, 4.69) is 15.9 Å². The SMILES string of the molecule is COc1cc(C)c(C(N)c2ccc(Cl)c(Br)c2)cc1OC. The van der Waals surface area contributed by atoms with E-state index in [1.54, 1.807) is 14.2 Å². The molecule has 0 radical (unpaired) electrons. The largest absolute Gasteiger partial charge is 0.493 e. The Morgan fingerprint density at radius 2 is 1.71 bits per heavy atom. The minimum atomic E-state index is -0.265. The molecule has 0 heterocycles. The maximum absolute atomic E-state index is 6.39. The molecule has 1 atom stereocenters. The van der Waals surface area contributed by atoms with Crippen molar-refractivity contribution in [3.63, 3.8) is 0 Å². The second-order valence-corrected chi connectivity index (χ2v) is 5.98. The first-order valence-electron chi connectivity index (χ1n) is 6.41. The van der Waals surface area contributed by atoms with Crippen LogP contribution in [0.25, 0.3) is 0 Å². The Balaban J connectivity index is 2.47. The first-order valence-corrected chi connectivity index (χ1v) is 7.58. The van der Waals surface area contributed by atoms with Crippen molar-refractivity contribution in [2.24, 2.45) is 5.73 Å². The molecule has 112 valence electrons. The van der Waals surface area contributed by atoms with Gasteiger partial charge in [0.15, 0.2) is 11.5 Å². The van der Waals surface area contributed by atoms with E-state index in [4.69, 9.17) is 26.8 Å². The quantitative estimate of drug-likeness (QED) is 0.863. The van der Waals surface area contributed by atoms with Crippen LogP contribution < -0.4 is 15.2 Å². The van der Waals surface area contributed by atoms with Crippen LogP contribution in [0.1, 0.15) is 22.7 Å². The van der Waals surface area contributed by atoms with Crippen LogP contribution in [0.2, 0.25) is 5.02 Å². The lowest BCUT2D eigenvalue weighted by atomic mass is 9.95. The van der Waals surface area contributed by atoms with Crippen molar-refractivity contribution < 1.29 is 9.47 Å². The fourth-order valence-electron chi connectivity index (χ4n) is 2.22. The number of halogens is 2. The van der Waals surface area contributed by atoms with E-state index in [1.807, 2.05) is 37.3 Å². The molecule has 2 aromatic rings. The zero-order valence-corrected chi connectivity index (χ0v) is 14.5. The zero-order valence-electron chi connectivity index (χ0n) is 12.1. The highest BCUT2D eigenvalue weighted by Gasteiger charge is 2.16. The summed E-state index contributed by atoms with van der Waals surface area (Å²) in [6.07, 6.45) is 0. The molecule has 0 bridgehead atoms. The average molecular weight is 371 g/mol. The second kappa shape index (κ2) is 6.69. The first kappa shape index (κ1) is 16.1. The minimum absolute atomic E-state index is 0.265. The summed E-state index contributed by atoms with van der Waals surface area (Å²) in [7, 11) is 3.23. The maximum Gasteiger partial charge on any atom is 0.161 e. The van der Waals surface area contributed by atoms with Crippen molar-refractivity contribution >= 4 is 27.5 Å². The summed E-state index contributed by atoms with van der Waals surface area (Å²) >= 11 is 9.45. The highest BCUT2D eigenvalue weighted by Crippen LogP contribution is 2.35. The lowest BCUT2D eigenvalue weighted by Gasteiger charge is -2.18. The van der Waals surface area contributed by atoms with Gasteiger partial charge in [-0.2, -0.15) is 0 Å². The Hall–Kier alpha value is -1.23. The fraction of sp³-hybridized carbons (Fsp3) is 0.250. The van der Waals surface area contributed by atoms with Gasteiger partial charge in [0.05, 0.1) is 25.3 Å². The number of hydrogen-bond donors (Lipinski definition) is 1. The van der Waals surface area contributed by atoms with Crippen LogP contribution in [0, 0.1) is 6.92 Å². The number of hydrogen-bond acceptors (Lipinski definition) is 3. The average Bonchev–Trinajstić information content (AvgIpc) is 2.49. The van der Waals surface area contributed by atoms with Crippen LogP contribution in [0.5, 0.6) is 11.5 Å². The van der Waals surface area contributed by atoms with E-state index >= 15 is 0 Å². The van der Waals surface area contributed by atoms with E-state index in [0.717, 1.165) is 21.2 Å². The Morgan fingerprint density at radius 3 is 2.29 bits per heavy atom. The summed E-state index contributed by atoms with van der Waals surface area (Å²) in [4.78, 5) is 0. The van der Waals surface area contributed by atoms with Crippen molar-refractivity contribution in [1.29, 1.82) is 0 Å². The fourth-order valence-corrected chi connectivity index (χ4v) is 2.73. The van der Waals surface area contributed by atoms with Crippen LogP contribution in [0.4, 0.5) is 0 Å². The summed E-state index contributed by atoms with van der Waals surface area (Å²) in [6.45, 7) is 2.00. The van der Waals surface area contributed by atoms with Crippen LogP contribution in [0.3, 0.4) is 0 Å². The van der Waals surface area contributed by atoms with E-state index in [1.165, 1.54) is 0 Å². The molecule has 2 aromatic carbocycles. The van der Waals surface area contributed by atoms with Crippen LogP contribution in [-0.4, -0.2) is 14.2 Å². The molecule has 2 N–H and O–H groups in total. The molecule has 1 unspecified atom stereocenters. The van der Waals surface area contributed by atoms with Gasteiger partial charge in [0, 0.05) is 4.47 Å². The molecule has 0 saturated carbocycles. The Kier molecular flexibility index (Phi) is 5.14. The van der Waals surface area contributed by atoms with Crippen molar-refractivity contribution in [3.05, 3.63) is 56.5 Å². The van der Waals surface area contributed by atoms with E-state index in [0.29, 0.717) is 16.5 Å². The van der Waals surface area contributed by atoms with Gasteiger partial charge in [-0.05, 0) is 63.8 Å². The number of aryl methyl sites for hydroxylation is 1. The highest BCUT2D eigenvalue weighted by molar-refractivity contribution is 9.10. The summed E-state index contributed by atoms with van der Waals surface area (Å²) in [5.41, 5.74) is 9.40. The van der Waals surface area contributed by atoms with Crippen LogP contribution >= 0.6 is 27.5 Å². The van der Waals surface area contributed by atoms with Gasteiger partial charge in [-0.15, -0.1) is 0 Å². The number of benzene rings is 2. The topological polar surface area (TPSA) is 44.5 Å². The molecule has 3 nitrogen and oxygen atoms in total. The molecule has 0 amide bonds. The van der Waals surface area contributed by atoms with E-state index < -0.39 is 0 Å². The molecular weight excluding hydrogens is 354 g/mol. The number of ether oxygens (including phenoxy) is 2. The second-order valence-electron chi connectivity index (χ2n) is 4.71. The maximum atomic E-state index is 6.39. The van der Waals surface area contributed by atoms with Gasteiger partial charge in [-0.25, -0.2) is 0 Å². The monoisotopic (exact) mass is 369 g/mol. The van der Waals surface area contributed by atoms with Crippen molar-refractivity contribution in [1.82, 2.24) is 0 Å². The third-order valence-corrected chi connectivity index (χ3v) is 4.62. The lowest BCUT2D eigenvalue weighted by molar-refractivity contribution is 0.354. The number of nitrogens with two attached hydrogens (primary N) is 1. The molecule has 0 aromatic heterocycles. The summed E-state index contributed by atoms with van der Waals surface area (Å²) in [5, 5.41) is 0.662. The summed E-state index contributed by atoms with van der Waals surface area (Å²) in [6, 6.07) is 9.27. The van der Waals surface area contributed by atoms with Crippen molar-refractivity contribution in [2.45, 2.75) is 13.0 Å². The normalized spacial score (nSPS) is 12.1. The van der Waals surface area contributed by atoms with Gasteiger partial charge in [-0.1, -0.05) is 17.7 Å². The number of methoxy groups -OCH3 is 2. The van der Waals surface area contributed by atoms with Gasteiger partial charge in [0.25, 0.3) is 0 Å². The summed E-state index contributed by atoms with van der Waals surface area (Å²) < 4.78 is 11.5. The van der Waals surface area contributed by atoms with Gasteiger partial charge >= 0.3 is 0 Å². The molecule has 0 saturated heterocycles. The van der Waals surface area contributed by atoms with Crippen molar-refractivity contribution in [3.8, 4) is 11.5 Å². The Morgan fingerprint density at radius 1 is 1.10 bits per heavy atom. The molecule has 0 aliphatic carbocycles. The molecular formula is C16H17BrClNO2. The van der Waals surface area contributed by atoms with Crippen LogP contribution in [-0.2, 0) is 0 Å². The molecule has 0 aliphatic rings. The molecule has 2 rings (SSSR count). The molecule has 0 fully saturated rings. The molecule has 5 heteroatoms. The van der Waals surface area contributed by atoms with E-state index in [-0.39, 0.29) is 6.04 Å². The third-order valence-electron chi connectivity index (χ3n) is 3.41. The van der Waals surface area contributed by atoms with Gasteiger partial charge in [0.1, 0.15) is 0 Å². The Bertz CT molecular complexity index is 661. The highest BCUT2D eigenvalue weighted by atomic mass is 79.9.